The molecule has 0 aromatic heterocycles. The third-order valence-electron chi connectivity index (χ3n) is 2.86. The minimum absolute atomic E-state index is 0.195. The fourth-order valence-electron chi connectivity index (χ4n) is 1.92. The van der Waals surface area contributed by atoms with Crippen molar-refractivity contribution >= 4 is 17.7 Å². The highest BCUT2D eigenvalue weighted by atomic mass is 19.2. The van der Waals surface area contributed by atoms with E-state index in [1.54, 1.807) is 0 Å². The number of likely N-dealkylation sites (tertiary alicyclic amines) is 1. The number of rotatable bonds is 2. The smallest absolute Gasteiger partial charge is 0.326 e. The van der Waals surface area contributed by atoms with Gasteiger partial charge in [0.1, 0.15) is 6.04 Å². The van der Waals surface area contributed by atoms with Crippen LogP contribution in [-0.2, 0) is 9.59 Å². The molecule has 1 amide bonds. The lowest BCUT2D eigenvalue weighted by Gasteiger charge is -2.20. The molecule has 0 radical (unpaired) electrons. The normalized spacial score (nSPS) is 18.7. The SMILES string of the molecule is O=C1CC(C(=O)O)N(C(=O)c2ccc(F)c(F)c2)C1. The number of ketones is 1. The van der Waals surface area contributed by atoms with Crippen molar-refractivity contribution in [3.63, 3.8) is 0 Å². The van der Waals surface area contributed by atoms with Crippen molar-refractivity contribution in [3.05, 3.63) is 35.4 Å². The molecule has 1 saturated heterocycles. The minimum atomic E-state index is -1.30. The van der Waals surface area contributed by atoms with Gasteiger partial charge in [-0.15, -0.1) is 0 Å². The van der Waals surface area contributed by atoms with E-state index in [0.29, 0.717) is 6.07 Å². The van der Waals surface area contributed by atoms with E-state index >= 15 is 0 Å². The number of carboxylic acids is 1. The number of nitrogens with zero attached hydrogens (tertiary/aromatic N) is 1. The van der Waals surface area contributed by atoms with Crippen LogP contribution in [0.5, 0.6) is 0 Å². The summed E-state index contributed by atoms with van der Waals surface area (Å²) in [5.41, 5.74) is -0.195. The van der Waals surface area contributed by atoms with Crippen molar-refractivity contribution in [2.45, 2.75) is 12.5 Å². The van der Waals surface area contributed by atoms with E-state index in [1.165, 1.54) is 0 Å². The van der Waals surface area contributed by atoms with Crippen LogP contribution in [0.15, 0.2) is 18.2 Å². The molecule has 0 spiro atoms. The maximum absolute atomic E-state index is 13.0. The highest BCUT2D eigenvalue weighted by Crippen LogP contribution is 2.19. The predicted molar refractivity (Wildman–Crippen MR) is 58.4 cm³/mol. The zero-order chi connectivity index (χ0) is 14.2. The summed E-state index contributed by atoms with van der Waals surface area (Å²) in [6, 6.07) is 1.24. The molecule has 7 heteroatoms. The average molecular weight is 269 g/mol. The van der Waals surface area contributed by atoms with Crippen LogP contribution < -0.4 is 0 Å². The molecule has 100 valence electrons. The first kappa shape index (κ1) is 13.1. The molecule has 1 aromatic carbocycles. The van der Waals surface area contributed by atoms with Crippen molar-refractivity contribution in [2.24, 2.45) is 0 Å². The molecule has 1 aliphatic heterocycles. The second-order valence-corrected chi connectivity index (χ2v) is 4.16. The molecule has 0 saturated carbocycles. The van der Waals surface area contributed by atoms with E-state index in [-0.39, 0.29) is 24.3 Å². The van der Waals surface area contributed by atoms with Gasteiger partial charge in [-0.25, -0.2) is 13.6 Å². The molecule has 1 N–H and O–H groups in total. The van der Waals surface area contributed by atoms with Crippen LogP contribution in [0.4, 0.5) is 8.78 Å². The Morgan fingerprint density at radius 2 is 1.95 bits per heavy atom. The van der Waals surface area contributed by atoms with Crippen molar-refractivity contribution in [1.29, 1.82) is 0 Å². The summed E-state index contributed by atoms with van der Waals surface area (Å²) in [6.45, 7) is -0.338. The van der Waals surface area contributed by atoms with Crippen LogP contribution in [0, 0.1) is 11.6 Å². The van der Waals surface area contributed by atoms with E-state index in [1.807, 2.05) is 0 Å². The van der Waals surface area contributed by atoms with Gasteiger partial charge in [0.25, 0.3) is 5.91 Å². The standard InChI is InChI=1S/C12H9F2NO4/c13-8-2-1-6(3-9(8)14)11(17)15-5-7(16)4-10(15)12(18)19/h1-3,10H,4-5H2,(H,18,19). The Bertz CT molecular complexity index is 573. The molecule has 0 aliphatic carbocycles. The van der Waals surface area contributed by atoms with Crippen molar-refractivity contribution < 1.29 is 28.3 Å². The van der Waals surface area contributed by atoms with Gasteiger partial charge in [0.05, 0.1) is 6.54 Å². The first-order chi connectivity index (χ1) is 8.90. The van der Waals surface area contributed by atoms with E-state index in [0.717, 1.165) is 17.0 Å². The summed E-state index contributed by atoms with van der Waals surface area (Å²) in [7, 11) is 0. The number of benzene rings is 1. The van der Waals surface area contributed by atoms with Crippen LogP contribution in [0.2, 0.25) is 0 Å². The quantitative estimate of drug-likeness (QED) is 0.863. The van der Waals surface area contributed by atoms with E-state index in [4.69, 9.17) is 5.11 Å². The monoisotopic (exact) mass is 269 g/mol. The summed E-state index contributed by atoms with van der Waals surface area (Å²) in [6.07, 6.45) is -0.273. The Kier molecular flexibility index (Phi) is 3.28. The molecule has 1 aromatic rings. The predicted octanol–water partition coefficient (Wildman–Crippen LogP) is 0.833. The van der Waals surface area contributed by atoms with Crippen LogP contribution in [-0.4, -0.2) is 40.3 Å². The van der Waals surface area contributed by atoms with E-state index in [2.05, 4.69) is 0 Å². The number of Topliss-reactive ketones (excluding diaryl/α,β-unsaturated/α-hetero) is 1. The largest absolute Gasteiger partial charge is 0.480 e. The van der Waals surface area contributed by atoms with Gasteiger partial charge in [0.15, 0.2) is 17.4 Å². The van der Waals surface area contributed by atoms with Gasteiger partial charge in [0, 0.05) is 12.0 Å². The van der Waals surface area contributed by atoms with Crippen LogP contribution >= 0.6 is 0 Å². The molecule has 1 atom stereocenters. The number of carbonyl (C=O) groups excluding carboxylic acids is 2. The number of carboxylic acid groups (broad SMARTS) is 1. The average Bonchev–Trinajstić information content (AvgIpc) is 2.74. The highest BCUT2D eigenvalue weighted by Gasteiger charge is 2.39. The molecule has 1 fully saturated rings. The van der Waals surface area contributed by atoms with E-state index in [9.17, 15) is 23.2 Å². The number of hydrogen-bond donors (Lipinski definition) is 1. The summed E-state index contributed by atoms with van der Waals surface area (Å²) in [4.78, 5) is 35.0. The van der Waals surface area contributed by atoms with Gasteiger partial charge in [-0.3, -0.25) is 9.59 Å². The minimum Gasteiger partial charge on any atom is -0.480 e. The Morgan fingerprint density at radius 1 is 1.26 bits per heavy atom. The van der Waals surface area contributed by atoms with Gasteiger partial charge in [-0.05, 0) is 18.2 Å². The molecule has 1 heterocycles. The number of aliphatic carboxylic acids is 1. The number of halogens is 2. The van der Waals surface area contributed by atoms with Crippen molar-refractivity contribution in [3.8, 4) is 0 Å². The molecule has 1 unspecified atom stereocenters. The zero-order valence-corrected chi connectivity index (χ0v) is 9.60. The molecule has 2 rings (SSSR count). The highest BCUT2D eigenvalue weighted by molar-refractivity contribution is 6.02. The first-order valence-electron chi connectivity index (χ1n) is 5.40. The summed E-state index contributed by atoms with van der Waals surface area (Å²) in [5.74, 6) is -4.81. The molecule has 1 aliphatic rings. The van der Waals surface area contributed by atoms with Gasteiger partial charge in [0.2, 0.25) is 0 Å². The number of carbonyl (C=O) groups is 3. The summed E-state index contributed by atoms with van der Waals surface area (Å²) in [5, 5.41) is 8.92. The number of hydrogen-bond acceptors (Lipinski definition) is 3. The molecular weight excluding hydrogens is 260 g/mol. The van der Waals surface area contributed by atoms with Gasteiger partial charge >= 0.3 is 5.97 Å². The molecule has 5 nitrogen and oxygen atoms in total. The van der Waals surface area contributed by atoms with Crippen molar-refractivity contribution in [2.75, 3.05) is 6.54 Å². The molecule has 0 bridgehead atoms. The van der Waals surface area contributed by atoms with Crippen LogP contribution in [0.1, 0.15) is 16.8 Å². The third kappa shape index (κ3) is 2.44. The lowest BCUT2D eigenvalue weighted by molar-refractivity contribution is -0.141. The van der Waals surface area contributed by atoms with Gasteiger partial charge in [-0.1, -0.05) is 0 Å². The summed E-state index contributed by atoms with van der Waals surface area (Å²) >= 11 is 0. The van der Waals surface area contributed by atoms with Gasteiger partial charge < -0.3 is 10.0 Å². The molecule has 19 heavy (non-hydrogen) atoms. The zero-order valence-electron chi connectivity index (χ0n) is 9.60. The second-order valence-electron chi connectivity index (χ2n) is 4.16. The van der Waals surface area contributed by atoms with Gasteiger partial charge in [-0.2, -0.15) is 0 Å². The Hall–Kier alpha value is -2.31. The Labute approximate surface area is 106 Å². The number of amides is 1. The fraction of sp³-hybridized carbons (Fsp3) is 0.250. The lowest BCUT2D eigenvalue weighted by atomic mass is 10.1. The third-order valence-corrected chi connectivity index (χ3v) is 2.86. The maximum Gasteiger partial charge on any atom is 0.326 e. The van der Waals surface area contributed by atoms with E-state index < -0.39 is 29.6 Å². The molecular formula is C12H9F2NO4. The van der Waals surface area contributed by atoms with Crippen molar-refractivity contribution in [1.82, 2.24) is 4.90 Å². The topological polar surface area (TPSA) is 74.7 Å². The second kappa shape index (κ2) is 4.75. The lowest BCUT2D eigenvalue weighted by Crippen LogP contribution is -2.40. The summed E-state index contributed by atoms with van der Waals surface area (Å²) < 4.78 is 25.8. The first-order valence-corrected chi connectivity index (χ1v) is 5.40. The Balaban J connectivity index is 2.30. The Morgan fingerprint density at radius 3 is 2.53 bits per heavy atom. The van der Waals surface area contributed by atoms with Crippen LogP contribution in [0.25, 0.3) is 0 Å². The van der Waals surface area contributed by atoms with Crippen LogP contribution in [0.3, 0.4) is 0 Å². The maximum atomic E-state index is 13.0. The fourth-order valence-corrected chi connectivity index (χ4v) is 1.92.